The Labute approximate surface area is 144 Å². The zero-order chi connectivity index (χ0) is 17.0. The summed E-state index contributed by atoms with van der Waals surface area (Å²) in [5, 5.41) is 9.15. The van der Waals surface area contributed by atoms with Gasteiger partial charge < -0.3 is 14.9 Å². The zero-order valence-electron chi connectivity index (χ0n) is 14.7. The summed E-state index contributed by atoms with van der Waals surface area (Å²) in [5.74, 6) is 0.414. The number of aliphatic hydroxyl groups excluding tert-OH is 1. The van der Waals surface area contributed by atoms with Gasteiger partial charge in [0.05, 0.1) is 18.6 Å². The van der Waals surface area contributed by atoms with Gasteiger partial charge in [-0.25, -0.2) is 0 Å². The van der Waals surface area contributed by atoms with Crippen LogP contribution in [0.2, 0.25) is 0 Å². The average molecular weight is 337 g/mol. The van der Waals surface area contributed by atoms with Gasteiger partial charge >= 0.3 is 0 Å². The molecule has 3 fully saturated rings. The van der Waals surface area contributed by atoms with E-state index in [9.17, 15) is 9.59 Å². The number of β-amino-alcohol motifs (C(OH)–C–C–N with tert-alkyl or cyclic N) is 1. The molecule has 3 rings (SSSR count). The van der Waals surface area contributed by atoms with E-state index in [1.54, 1.807) is 0 Å². The first kappa shape index (κ1) is 17.7. The largest absolute Gasteiger partial charge is 0.395 e. The number of carbonyl (C=O) groups excluding carboxylic acids is 2. The molecular weight excluding hydrogens is 306 g/mol. The molecule has 3 aliphatic rings. The number of piperidine rings is 1. The molecule has 0 aromatic heterocycles. The highest BCUT2D eigenvalue weighted by atomic mass is 16.3. The lowest BCUT2D eigenvalue weighted by molar-refractivity contribution is -0.146. The van der Waals surface area contributed by atoms with Gasteiger partial charge in [0.1, 0.15) is 0 Å². The van der Waals surface area contributed by atoms with E-state index in [4.69, 9.17) is 5.11 Å². The topological polar surface area (TPSA) is 64.1 Å². The van der Waals surface area contributed by atoms with Crippen LogP contribution in [0.15, 0.2) is 0 Å². The van der Waals surface area contributed by atoms with Gasteiger partial charge in [-0.15, -0.1) is 0 Å². The van der Waals surface area contributed by atoms with Crippen LogP contribution in [0.5, 0.6) is 0 Å². The minimum Gasteiger partial charge on any atom is -0.395 e. The summed E-state index contributed by atoms with van der Waals surface area (Å²) in [5.41, 5.74) is -0.313. The summed E-state index contributed by atoms with van der Waals surface area (Å²) in [7, 11) is 0. The van der Waals surface area contributed by atoms with Gasteiger partial charge in [0.25, 0.3) is 0 Å². The highest BCUT2D eigenvalue weighted by molar-refractivity contribution is 5.84. The number of likely N-dealkylation sites (tertiary alicyclic amines) is 3. The Hall–Kier alpha value is -1.14. The smallest absolute Gasteiger partial charge is 0.236 e. The van der Waals surface area contributed by atoms with Gasteiger partial charge in [-0.1, -0.05) is 12.8 Å². The van der Waals surface area contributed by atoms with E-state index in [0.717, 1.165) is 58.3 Å². The first-order valence-electron chi connectivity index (χ1n) is 9.55. The summed E-state index contributed by atoms with van der Waals surface area (Å²) < 4.78 is 0. The van der Waals surface area contributed by atoms with Gasteiger partial charge in [0, 0.05) is 32.7 Å². The predicted octanol–water partition coefficient (Wildman–Crippen LogP) is 0.696. The Morgan fingerprint density at radius 1 is 1.00 bits per heavy atom. The first-order valence-corrected chi connectivity index (χ1v) is 9.55. The Morgan fingerprint density at radius 2 is 1.75 bits per heavy atom. The number of rotatable bonds is 4. The average Bonchev–Trinajstić information content (AvgIpc) is 2.80. The third-order valence-corrected chi connectivity index (χ3v) is 5.94. The minimum atomic E-state index is -0.313. The van der Waals surface area contributed by atoms with Crippen LogP contribution in [0.25, 0.3) is 0 Å². The van der Waals surface area contributed by atoms with Crippen molar-refractivity contribution in [2.75, 3.05) is 52.4 Å². The Kier molecular flexibility index (Phi) is 5.76. The number of nitrogens with zero attached hydrogens (tertiary/aromatic N) is 3. The Bertz CT molecular complexity index is 460. The van der Waals surface area contributed by atoms with Crippen LogP contribution in [0, 0.1) is 5.41 Å². The fourth-order valence-electron chi connectivity index (χ4n) is 4.57. The van der Waals surface area contributed by atoms with Crippen LogP contribution >= 0.6 is 0 Å². The van der Waals surface area contributed by atoms with Crippen molar-refractivity contribution in [3.63, 3.8) is 0 Å². The molecule has 6 heteroatoms. The van der Waals surface area contributed by atoms with Crippen molar-refractivity contribution in [3.05, 3.63) is 0 Å². The molecule has 0 saturated carbocycles. The quantitative estimate of drug-likeness (QED) is 0.820. The molecule has 0 bridgehead atoms. The highest BCUT2D eigenvalue weighted by Gasteiger charge is 2.48. The molecule has 1 atom stereocenters. The van der Waals surface area contributed by atoms with Gasteiger partial charge in [0.2, 0.25) is 11.8 Å². The number of hydrogen-bond donors (Lipinski definition) is 1. The van der Waals surface area contributed by atoms with Crippen LogP contribution in [-0.2, 0) is 9.59 Å². The molecular formula is C18H31N3O3. The fourth-order valence-corrected chi connectivity index (χ4v) is 4.57. The van der Waals surface area contributed by atoms with E-state index in [-0.39, 0.29) is 23.8 Å². The summed E-state index contributed by atoms with van der Waals surface area (Å²) in [6.45, 7) is 4.99. The van der Waals surface area contributed by atoms with Crippen LogP contribution in [0.1, 0.15) is 44.9 Å². The lowest BCUT2D eigenvalue weighted by atomic mass is 9.78. The fraction of sp³-hybridized carbons (Fsp3) is 0.889. The van der Waals surface area contributed by atoms with Crippen LogP contribution < -0.4 is 0 Å². The molecule has 1 N–H and O–H groups in total. The minimum absolute atomic E-state index is 0.0268. The molecule has 24 heavy (non-hydrogen) atoms. The molecule has 6 nitrogen and oxygen atoms in total. The van der Waals surface area contributed by atoms with E-state index in [2.05, 4.69) is 4.90 Å². The van der Waals surface area contributed by atoms with Crippen molar-refractivity contribution in [1.82, 2.24) is 14.7 Å². The number of carbonyl (C=O) groups is 2. The second-order valence-corrected chi connectivity index (χ2v) is 7.66. The number of amides is 2. The molecule has 3 aliphatic heterocycles. The molecule has 0 aromatic rings. The molecule has 3 saturated heterocycles. The van der Waals surface area contributed by atoms with Crippen LogP contribution in [0.4, 0.5) is 0 Å². The second kappa shape index (κ2) is 7.83. The molecule has 0 radical (unpaired) electrons. The van der Waals surface area contributed by atoms with Crippen molar-refractivity contribution in [1.29, 1.82) is 0 Å². The first-order chi connectivity index (χ1) is 11.6. The summed E-state index contributed by atoms with van der Waals surface area (Å²) >= 11 is 0. The maximum atomic E-state index is 12.8. The monoisotopic (exact) mass is 337 g/mol. The Balaban J connectivity index is 1.56. The summed E-state index contributed by atoms with van der Waals surface area (Å²) in [6, 6.07) is 0. The van der Waals surface area contributed by atoms with Crippen molar-refractivity contribution < 1.29 is 14.7 Å². The van der Waals surface area contributed by atoms with E-state index in [0.29, 0.717) is 19.6 Å². The molecule has 0 aliphatic carbocycles. The zero-order valence-corrected chi connectivity index (χ0v) is 14.7. The van der Waals surface area contributed by atoms with Crippen LogP contribution in [0.3, 0.4) is 0 Å². The second-order valence-electron chi connectivity index (χ2n) is 7.66. The molecule has 1 spiro atoms. The predicted molar refractivity (Wildman–Crippen MR) is 91.4 cm³/mol. The molecule has 3 heterocycles. The van der Waals surface area contributed by atoms with Crippen molar-refractivity contribution in [2.45, 2.75) is 44.9 Å². The lowest BCUT2D eigenvalue weighted by Gasteiger charge is -2.39. The third kappa shape index (κ3) is 3.75. The van der Waals surface area contributed by atoms with Crippen molar-refractivity contribution >= 4 is 11.8 Å². The van der Waals surface area contributed by atoms with Gasteiger partial charge in [-0.2, -0.15) is 0 Å². The van der Waals surface area contributed by atoms with Crippen molar-refractivity contribution in [3.8, 4) is 0 Å². The maximum absolute atomic E-state index is 12.8. The standard InChI is InChI=1S/C18H31N3O3/c22-13-12-21-10-5-6-18(17(21)24)7-11-19(15-18)14-16(23)20-8-3-1-2-4-9-20/h22H,1-15H2/t18-/m1/s1. The third-order valence-electron chi connectivity index (χ3n) is 5.94. The molecule has 136 valence electrons. The van der Waals surface area contributed by atoms with Crippen LogP contribution in [-0.4, -0.2) is 84.0 Å². The number of aliphatic hydroxyl groups is 1. The van der Waals surface area contributed by atoms with Gasteiger partial charge in [0.15, 0.2) is 0 Å². The summed E-state index contributed by atoms with van der Waals surface area (Å²) in [4.78, 5) is 31.4. The molecule has 2 amide bonds. The van der Waals surface area contributed by atoms with Gasteiger partial charge in [-0.05, 0) is 38.6 Å². The Morgan fingerprint density at radius 3 is 2.46 bits per heavy atom. The molecule has 0 aromatic carbocycles. The van der Waals surface area contributed by atoms with E-state index >= 15 is 0 Å². The van der Waals surface area contributed by atoms with Crippen molar-refractivity contribution in [2.24, 2.45) is 5.41 Å². The SMILES string of the molecule is O=C(CN1CC[C@]2(CCCN(CCO)C2=O)C1)N1CCCCCC1. The van der Waals surface area contributed by atoms with E-state index in [1.807, 2.05) is 9.80 Å². The van der Waals surface area contributed by atoms with E-state index < -0.39 is 0 Å². The molecule has 0 unspecified atom stereocenters. The van der Waals surface area contributed by atoms with E-state index in [1.165, 1.54) is 12.8 Å². The lowest BCUT2D eigenvalue weighted by Crippen LogP contribution is -2.51. The normalized spacial score (nSPS) is 29.3. The maximum Gasteiger partial charge on any atom is 0.236 e. The number of hydrogen-bond acceptors (Lipinski definition) is 4. The summed E-state index contributed by atoms with van der Waals surface area (Å²) in [6.07, 6.45) is 7.45. The van der Waals surface area contributed by atoms with Gasteiger partial charge in [-0.3, -0.25) is 14.5 Å². The highest BCUT2D eigenvalue weighted by Crippen LogP contribution is 2.39.